The topological polar surface area (TPSA) is 101 Å². The quantitative estimate of drug-likeness (QED) is 0.179. The Bertz CT molecular complexity index is 1870. The molecule has 3 heterocycles. The molecule has 1 aliphatic rings. The molecule has 2 atom stereocenters. The lowest BCUT2D eigenvalue weighted by atomic mass is 9.91. The number of fused-ring (bicyclic) bond motifs is 2. The van der Waals surface area contributed by atoms with E-state index in [4.69, 9.17) is 21.3 Å². The minimum Gasteiger partial charge on any atom is -0.479 e. The summed E-state index contributed by atoms with van der Waals surface area (Å²) in [5.74, 6) is -1.11. The Morgan fingerprint density at radius 3 is 2.66 bits per heavy atom. The van der Waals surface area contributed by atoms with Crippen LogP contribution < -0.4 is 4.90 Å². The van der Waals surface area contributed by atoms with E-state index in [1.54, 1.807) is 17.0 Å². The van der Waals surface area contributed by atoms with Crippen molar-refractivity contribution in [2.24, 2.45) is 7.05 Å². The van der Waals surface area contributed by atoms with E-state index in [0.717, 1.165) is 50.7 Å². The van der Waals surface area contributed by atoms with E-state index in [0.29, 0.717) is 40.9 Å². The van der Waals surface area contributed by atoms with Crippen LogP contribution >= 0.6 is 22.9 Å². The van der Waals surface area contributed by atoms with Crippen molar-refractivity contribution in [1.82, 2.24) is 19.7 Å². The van der Waals surface area contributed by atoms with Gasteiger partial charge in [-0.15, -0.1) is 0 Å². The van der Waals surface area contributed by atoms with Crippen molar-refractivity contribution in [3.63, 3.8) is 0 Å². The standard InChI is InChI=1S/C33H34ClN5O4S/c1-5-6-15-43-29(32(41)42)26-19(2)16-24-30(27(26)20-7-10-23(34)11-8-20)44-33(36-24)39-14-13-37(3)28(31(39)40)21-9-12-25-22(17-21)18-35-38(25)4/h7-12,16-18,28-29H,5-6,13-15H2,1-4H3,(H,41,42). The first kappa shape index (κ1) is 30.2. The number of carbonyl (C=O) groups is 2. The Labute approximate surface area is 264 Å². The minimum atomic E-state index is -1.15. The van der Waals surface area contributed by atoms with Crippen molar-refractivity contribution in [2.75, 3.05) is 31.6 Å². The first-order valence-corrected chi connectivity index (χ1v) is 15.8. The fourth-order valence-electron chi connectivity index (χ4n) is 5.95. The molecule has 1 N–H and O–H groups in total. The predicted molar refractivity (Wildman–Crippen MR) is 174 cm³/mol. The third-order valence-electron chi connectivity index (χ3n) is 8.25. The summed E-state index contributed by atoms with van der Waals surface area (Å²) >= 11 is 7.63. The molecular formula is C33H34ClN5O4S. The highest BCUT2D eigenvalue weighted by Gasteiger charge is 2.37. The number of rotatable bonds is 9. The monoisotopic (exact) mass is 631 g/mol. The number of hydrogen-bond acceptors (Lipinski definition) is 7. The van der Waals surface area contributed by atoms with E-state index in [9.17, 15) is 14.7 Å². The molecule has 0 saturated carbocycles. The molecule has 0 aliphatic carbocycles. The largest absolute Gasteiger partial charge is 0.479 e. The summed E-state index contributed by atoms with van der Waals surface area (Å²) in [4.78, 5) is 35.5. The fraction of sp³-hybridized carbons (Fsp3) is 0.333. The van der Waals surface area contributed by atoms with Gasteiger partial charge < -0.3 is 9.84 Å². The molecule has 2 aromatic heterocycles. The van der Waals surface area contributed by atoms with Gasteiger partial charge in [-0.1, -0.05) is 54.5 Å². The molecule has 0 bridgehead atoms. The zero-order valence-corrected chi connectivity index (χ0v) is 26.7. The van der Waals surface area contributed by atoms with Crippen molar-refractivity contribution < 1.29 is 19.4 Å². The van der Waals surface area contributed by atoms with Gasteiger partial charge in [0.25, 0.3) is 5.91 Å². The Morgan fingerprint density at radius 2 is 1.93 bits per heavy atom. The number of aromatic nitrogens is 3. The molecule has 1 amide bonds. The van der Waals surface area contributed by atoms with Crippen LogP contribution in [0.25, 0.3) is 32.2 Å². The first-order valence-electron chi connectivity index (χ1n) is 14.7. The van der Waals surface area contributed by atoms with Gasteiger partial charge in [-0.2, -0.15) is 5.10 Å². The van der Waals surface area contributed by atoms with Crippen LogP contribution in [-0.2, 0) is 21.4 Å². The zero-order valence-electron chi connectivity index (χ0n) is 25.1. The van der Waals surface area contributed by atoms with Crippen LogP contribution in [-0.4, -0.2) is 63.4 Å². The number of amides is 1. The van der Waals surface area contributed by atoms with Crippen molar-refractivity contribution in [1.29, 1.82) is 0 Å². The number of piperazine rings is 1. The number of carboxylic acids is 1. The van der Waals surface area contributed by atoms with Gasteiger partial charge in [-0.05, 0) is 67.4 Å². The first-order chi connectivity index (χ1) is 21.2. The minimum absolute atomic E-state index is 0.0580. The van der Waals surface area contributed by atoms with Gasteiger partial charge >= 0.3 is 5.97 Å². The summed E-state index contributed by atoms with van der Waals surface area (Å²) < 4.78 is 8.59. The lowest BCUT2D eigenvalue weighted by Crippen LogP contribution is -2.51. The third kappa shape index (κ3) is 5.47. The maximum absolute atomic E-state index is 14.1. The molecule has 9 nitrogen and oxygen atoms in total. The Hall–Kier alpha value is -3.83. The van der Waals surface area contributed by atoms with E-state index in [2.05, 4.69) is 10.00 Å². The second-order valence-corrected chi connectivity index (χ2v) is 12.6. The number of nitrogens with zero attached hydrogens (tertiary/aromatic N) is 5. The van der Waals surface area contributed by atoms with Gasteiger partial charge in [0.1, 0.15) is 6.04 Å². The number of likely N-dealkylation sites (N-methyl/N-ethyl adjacent to an activating group) is 1. The van der Waals surface area contributed by atoms with Crippen molar-refractivity contribution in [3.8, 4) is 11.1 Å². The van der Waals surface area contributed by atoms with Crippen LogP contribution in [0.2, 0.25) is 5.02 Å². The molecule has 1 fully saturated rings. The summed E-state index contributed by atoms with van der Waals surface area (Å²) in [6, 6.07) is 14.8. The smallest absolute Gasteiger partial charge is 0.337 e. The van der Waals surface area contributed by atoms with Gasteiger partial charge in [-0.3, -0.25) is 19.3 Å². The zero-order chi connectivity index (χ0) is 31.1. The molecule has 0 spiro atoms. The average molecular weight is 632 g/mol. The van der Waals surface area contributed by atoms with Gasteiger partial charge in [0, 0.05) is 48.3 Å². The number of aliphatic carboxylic acids is 1. The number of carbonyl (C=O) groups excluding carboxylic acids is 1. The van der Waals surface area contributed by atoms with Gasteiger partial charge in [0.15, 0.2) is 11.2 Å². The van der Waals surface area contributed by atoms with Crippen molar-refractivity contribution in [3.05, 3.63) is 76.4 Å². The number of thiazole rings is 1. The summed E-state index contributed by atoms with van der Waals surface area (Å²) in [5.41, 5.74) is 5.50. The number of aryl methyl sites for hydroxylation is 2. The molecule has 11 heteroatoms. The molecule has 0 radical (unpaired) electrons. The second kappa shape index (κ2) is 12.3. The number of hydrogen-bond donors (Lipinski definition) is 1. The summed E-state index contributed by atoms with van der Waals surface area (Å²) in [5, 5.41) is 16.8. The SMILES string of the molecule is CCCCOC(C(=O)O)c1c(C)cc2nc(N3CCN(C)C(c4ccc5c(cnn5C)c4)C3=O)sc2c1-c1ccc(Cl)cc1. The normalized spacial score (nSPS) is 16.7. The number of benzene rings is 3. The molecule has 1 aliphatic heterocycles. The van der Waals surface area contributed by atoms with E-state index < -0.39 is 18.1 Å². The molecular weight excluding hydrogens is 598 g/mol. The summed E-state index contributed by atoms with van der Waals surface area (Å²) in [7, 11) is 3.86. The molecule has 1 saturated heterocycles. The lowest BCUT2D eigenvalue weighted by molar-refractivity contribution is -0.151. The molecule has 2 unspecified atom stereocenters. The van der Waals surface area contributed by atoms with Crippen LogP contribution in [0.4, 0.5) is 5.13 Å². The highest BCUT2D eigenvalue weighted by atomic mass is 35.5. The van der Waals surface area contributed by atoms with E-state index in [1.807, 2.05) is 75.2 Å². The van der Waals surface area contributed by atoms with Crippen LogP contribution in [0.5, 0.6) is 0 Å². The number of unbranched alkanes of at least 4 members (excludes halogenated alkanes) is 1. The molecule has 5 aromatic rings. The number of anilines is 1. The second-order valence-electron chi connectivity index (χ2n) is 11.2. The summed E-state index contributed by atoms with van der Waals surface area (Å²) in [6.07, 6.45) is 2.31. The van der Waals surface area contributed by atoms with Gasteiger partial charge in [0.05, 0.1) is 21.9 Å². The molecule has 44 heavy (non-hydrogen) atoms. The Kier molecular flexibility index (Phi) is 8.43. The molecule has 3 aromatic carbocycles. The Morgan fingerprint density at radius 1 is 1.16 bits per heavy atom. The fourth-order valence-corrected chi connectivity index (χ4v) is 7.23. The predicted octanol–water partition coefficient (Wildman–Crippen LogP) is 6.77. The van der Waals surface area contributed by atoms with Crippen molar-refractivity contribution >= 4 is 61.1 Å². The summed E-state index contributed by atoms with van der Waals surface area (Å²) in [6.45, 7) is 5.41. The molecule has 6 rings (SSSR count). The van der Waals surface area contributed by atoms with E-state index >= 15 is 0 Å². The van der Waals surface area contributed by atoms with Crippen LogP contribution in [0.3, 0.4) is 0 Å². The highest BCUT2D eigenvalue weighted by Crippen LogP contribution is 2.44. The third-order valence-corrected chi connectivity index (χ3v) is 9.62. The highest BCUT2D eigenvalue weighted by molar-refractivity contribution is 7.23. The molecule has 228 valence electrons. The number of carboxylic acid groups (broad SMARTS) is 1. The number of ether oxygens (including phenoxy) is 1. The Balaban J connectivity index is 1.46. The van der Waals surface area contributed by atoms with Crippen LogP contribution in [0.15, 0.2) is 54.7 Å². The maximum Gasteiger partial charge on any atom is 0.337 e. The van der Waals surface area contributed by atoms with E-state index in [1.165, 1.54) is 11.3 Å². The number of halogens is 1. The van der Waals surface area contributed by atoms with Gasteiger partial charge in [-0.25, -0.2) is 9.78 Å². The lowest BCUT2D eigenvalue weighted by Gasteiger charge is -2.37. The van der Waals surface area contributed by atoms with Crippen molar-refractivity contribution in [2.45, 2.75) is 38.8 Å². The maximum atomic E-state index is 14.1. The van der Waals surface area contributed by atoms with Gasteiger partial charge in [0.2, 0.25) is 0 Å². The average Bonchev–Trinajstić information content (AvgIpc) is 3.58. The van der Waals surface area contributed by atoms with E-state index in [-0.39, 0.29) is 5.91 Å². The van der Waals surface area contributed by atoms with Crippen LogP contribution in [0.1, 0.15) is 48.6 Å². The van der Waals surface area contributed by atoms with Crippen LogP contribution in [0, 0.1) is 6.92 Å².